The van der Waals surface area contributed by atoms with Gasteiger partial charge in [0.25, 0.3) is 0 Å². The number of hydrogen-bond donors (Lipinski definition) is 1. The molecule has 1 N–H and O–H groups in total. The van der Waals surface area contributed by atoms with Crippen LogP contribution in [0.5, 0.6) is 0 Å². The van der Waals surface area contributed by atoms with Crippen molar-refractivity contribution < 1.29 is 23.8 Å². The van der Waals surface area contributed by atoms with E-state index in [4.69, 9.17) is 9.47 Å². The number of esters is 1. The minimum atomic E-state index is -0.440. The van der Waals surface area contributed by atoms with Gasteiger partial charge in [0, 0.05) is 12.6 Å². The van der Waals surface area contributed by atoms with E-state index in [1.165, 1.54) is 13.2 Å². The van der Waals surface area contributed by atoms with Crippen LogP contribution in [0.1, 0.15) is 18.4 Å². The van der Waals surface area contributed by atoms with Gasteiger partial charge >= 0.3 is 12.1 Å². The fourth-order valence-corrected chi connectivity index (χ4v) is 2.06. The number of hydrogen-bond acceptors (Lipinski definition) is 5. The molecule has 124 valence electrons. The highest BCUT2D eigenvalue weighted by Crippen LogP contribution is 2.33. The number of carbonyl (C=O) groups is 2. The van der Waals surface area contributed by atoms with E-state index >= 15 is 0 Å². The number of ether oxygens (including phenoxy) is 3. The molecule has 1 atom stereocenters. The van der Waals surface area contributed by atoms with Gasteiger partial charge in [0.15, 0.2) is 0 Å². The van der Waals surface area contributed by atoms with Gasteiger partial charge in [-0.3, -0.25) is 0 Å². The second-order valence-corrected chi connectivity index (χ2v) is 5.30. The fraction of sp³-hybridized carbons (Fsp3) is 0.412. The van der Waals surface area contributed by atoms with E-state index in [1.807, 2.05) is 30.3 Å². The van der Waals surface area contributed by atoms with E-state index in [-0.39, 0.29) is 12.2 Å². The molecule has 1 aliphatic heterocycles. The minimum absolute atomic E-state index is 0.252. The maximum Gasteiger partial charge on any atom is 0.407 e. The van der Waals surface area contributed by atoms with Gasteiger partial charge in [-0.25, -0.2) is 9.59 Å². The summed E-state index contributed by atoms with van der Waals surface area (Å²) in [6, 6.07) is 9.50. The molecule has 2 rings (SSSR count). The summed E-state index contributed by atoms with van der Waals surface area (Å²) in [5.41, 5.74) is 0.560. The standard InChI is InChI=1S/C17H21NO5/c1-21-15(19)8-10-17(13-23-17)9-5-11-18-16(20)22-12-14-6-3-2-4-7-14/h2-4,6-8,10H,5,9,11-13H2,1H3,(H,18,20)/b10-8+. The Labute approximate surface area is 135 Å². The molecule has 6 heteroatoms. The number of carbonyl (C=O) groups excluding carboxylic acids is 2. The maximum absolute atomic E-state index is 11.6. The Morgan fingerprint density at radius 3 is 2.74 bits per heavy atom. The van der Waals surface area contributed by atoms with Gasteiger partial charge in [-0.1, -0.05) is 30.3 Å². The quantitative estimate of drug-likeness (QED) is 0.344. The van der Waals surface area contributed by atoms with Crippen molar-refractivity contribution in [2.45, 2.75) is 25.0 Å². The minimum Gasteiger partial charge on any atom is -0.466 e. The van der Waals surface area contributed by atoms with Crippen LogP contribution in [0.3, 0.4) is 0 Å². The second kappa shape index (κ2) is 8.33. The molecule has 1 aromatic carbocycles. The molecule has 6 nitrogen and oxygen atoms in total. The monoisotopic (exact) mass is 319 g/mol. The van der Waals surface area contributed by atoms with Crippen LogP contribution < -0.4 is 5.32 Å². The lowest BCUT2D eigenvalue weighted by atomic mass is 10.0. The van der Waals surface area contributed by atoms with Gasteiger partial charge < -0.3 is 19.5 Å². The number of nitrogens with one attached hydrogen (secondary N) is 1. The number of epoxide rings is 1. The van der Waals surface area contributed by atoms with Crippen LogP contribution in [0.25, 0.3) is 0 Å². The molecule has 1 heterocycles. The average Bonchev–Trinajstić information content (AvgIpc) is 3.36. The summed E-state index contributed by atoms with van der Waals surface area (Å²) in [6.45, 7) is 1.32. The first kappa shape index (κ1) is 17.0. The van der Waals surface area contributed by atoms with E-state index in [2.05, 4.69) is 10.1 Å². The number of alkyl carbamates (subject to hydrolysis) is 1. The largest absolute Gasteiger partial charge is 0.466 e. The zero-order valence-electron chi connectivity index (χ0n) is 13.1. The van der Waals surface area contributed by atoms with Gasteiger partial charge in [0.05, 0.1) is 13.7 Å². The predicted octanol–water partition coefficient (Wildman–Crippen LogP) is 2.19. The molecule has 0 spiro atoms. The molecule has 0 aliphatic carbocycles. The van der Waals surface area contributed by atoms with Crippen LogP contribution in [0, 0.1) is 0 Å². The Hall–Kier alpha value is -2.34. The smallest absolute Gasteiger partial charge is 0.407 e. The maximum atomic E-state index is 11.6. The SMILES string of the molecule is COC(=O)/C=C/C1(CCCNC(=O)OCc2ccccc2)CO1. The molecule has 1 amide bonds. The van der Waals surface area contributed by atoms with Crippen LogP contribution in [0.15, 0.2) is 42.5 Å². The Bertz CT molecular complexity index is 551. The Morgan fingerprint density at radius 2 is 2.09 bits per heavy atom. The van der Waals surface area contributed by atoms with Gasteiger partial charge in [-0.05, 0) is 24.5 Å². The molecule has 0 bridgehead atoms. The molecule has 1 saturated heterocycles. The van der Waals surface area contributed by atoms with Crippen molar-refractivity contribution in [3.05, 3.63) is 48.0 Å². The van der Waals surface area contributed by atoms with E-state index in [9.17, 15) is 9.59 Å². The van der Waals surface area contributed by atoms with Crippen molar-refractivity contribution in [3.8, 4) is 0 Å². The molecule has 0 saturated carbocycles. The van der Waals surface area contributed by atoms with Crippen molar-refractivity contribution in [2.75, 3.05) is 20.3 Å². The van der Waals surface area contributed by atoms with Crippen molar-refractivity contribution in [2.24, 2.45) is 0 Å². The first-order valence-corrected chi connectivity index (χ1v) is 7.49. The third-order valence-electron chi connectivity index (χ3n) is 3.50. The summed E-state index contributed by atoms with van der Waals surface area (Å²) in [4.78, 5) is 22.6. The molecule has 1 unspecified atom stereocenters. The zero-order valence-corrected chi connectivity index (χ0v) is 13.1. The lowest BCUT2D eigenvalue weighted by Crippen LogP contribution is -2.26. The normalized spacial score (nSPS) is 19.3. The van der Waals surface area contributed by atoms with Gasteiger partial charge in [0.2, 0.25) is 0 Å². The molecule has 1 fully saturated rings. The first-order valence-electron chi connectivity index (χ1n) is 7.49. The lowest BCUT2D eigenvalue weighted by molar-refractivity contribution is -0.134. The summed E-state index contributed by atoms with van der Waals surface area (Å²) < 4.78 is 15.0. The molecule has 23 heavy (non-hydrogen) atoms. The molecule has 1 aromatic rings. The van der Waals surface area contributed by atoms with Crippen molar-refractivity contribution in [1.29, 1.82) is 0 Å². The van der Waals surface area contributed by atoms with Crippen LogP contribution in [0.2, 0.25) is 0 Å². The van der Waals surface area contributed by atoms with Crippen LogP contribution in [0.4, 0.5) is 4.79 Å². The van der Waals surface area contributed by atoms with Crippen LogP contribution >= 0.6 is 0 Å². The highest BCUT2D eigenvalue weighted by molar-refractivity contribution is 5.82. The van der Waals surface area contributed by atoms with E-state index < -0.39 is 12.1 Å². The van der Waals surface area contributed by atoms with E-state index in [1.54, 1.807) is 6.08 Å². The van der Waals surface area contributed by atoms with Gasteiger partial charge in [-0.2, -0.15) is 0 Å². The van der Waals surface area contributed by atoms with Gasteiger partial charge in [0.1, 0.15) is 12.2 Å². The average molecular weight is 319 g/mol. The van der Waals surface area contributed by atoms with E-state index in [0.29, 0.717) is 13.2 Å². The summed E-state index contributed by atoms with van der Waals surface area (Å²) in [5, 5.41) is 2.70. The third kappa shape index (κ3) is 6.12. The lowest BCUT2D eigenvalue weighted by Gasteiger charge is -2.09. The first-order chi connectivity index (χ1) is 11.1. The fourth-order valence-electron chi connectivity index (χ4n) is 2.06. The third-order valence-corrected chi connectivity index (χ3v) is 3.50. The molecule has 0 radical (unpaired) electrons. The summed E-state index contributed by atoms with van der Waals surface area (Å²) in [5.74, 6) is -0.400. The Balaban J connectivity index is 1.59. The number of methoxy groups -OCH3 is 1. The molecular weight excluding hydrogens is 298 g/mol. The molecular formula is C17H21NO5. The number of amides is 1. The Morgan fingerprint density at radius 1 is 1.35 bits per heavy atom. The zero-order chi connectivity index (χ0) is 16.5. The van der Waals surface area contributed by atoms with Crippen LogP contribution in [-0.4, -0.2) is 37.9 Å². The van der Waals surface area contributed by atoms with Crippen molar-refractivity contribution >= 4 is 12.1 Å². The summed E-state index contributed by atoms with van der Waals surface area (Å²) >= 11 is 0. The van der Waals surface area contributed by atoms with Crippen LogP contribution in [-0.2, 0) is 25.6 Å². The molecule has 1 aliphatic rings. The van der Waals surface area contributed by atoms with Crippen molar-refractivity contribution in [1.82, 2.24) is 5.32 Å². The number of rotatable bonds is 8. The Kier molecular flexibility index (Phi) is 6.17. The topological polar surface area (TPSA) is 77.2 Å². The highest BCUT2D eigenvalue weighted by Gasteiger charge is 2.41. The summed E-state index contributed by atoms with van der Waals surface area (Å²) in [7, 11) is 1.33. The number of benzene rings is 1. The van der Waals surface area contributed by atoms with E-state index in [0.717, 1.165) is 18.4 Å². The predicted molar refractivity (Wildman–Crippen MR) is 83.7 cm³/mol. The van der Waals surface area contributed by atoms with Crippen molar-refractivity contribution in [3.63, 3.8) is 0 Å². The second-order valence-electron chi connectivity index (χ2n) is 5.30. The molecule has 0 aromatic heterocycles. The van der Waals surface area contributed by atoms with Gasteiger partial charge in [-0.15, -0.1) is 0 Å². The summed E-state index contributed by atoms with van der Waals surface area (Å²) in [6.07, 6.45) is 4.09. The highest BCUT2D eigenvalue weighted by atomic mass is 16.6.